The molecule has 1 unspecified atom stereocenters. The maximum atomic E-state index is 11.6. The number of hydrogen-bond acceptors (Lipinski definition) is 5. The van der Waals surface area contributed by atoms with Crippen molar-refractivity contribution in [2.24, 2.45) is 0 Å². The maximum absolute atomic E-state index is 11.6. The van der Waals surface area contributed by atoms with Gasteiger partial charge in [-0.15, -0.1) is 0 Å². The predicted octanol–water partition coefficient (Wildman–Crippen LogP) is 1.32. The largest absolute Gasteiger partial charge is 0.381 e. The molecule has 1 aliphatic rings. The number of rotatable bonds is 4. The molecule has 1 aliphatic heterocycles. The zero-order chi connectivity index (χ0) is 14.7. The number of hydrogen-bond donors (Lipinski definition) is 1. The third-order valence-electron chi connectivity index (χ3n) is 3.60. The van der Waals surface area contributed by atoms with Crippen molar-refractivity contribution in [3.63, 3.8) is 0 Å². The second-order valence-corrected chi connectivity index (χ2v) is 7.62. The summed E-state index contributed by atoms with van der Waals surface area (Å²) in [5.41, 5.74) is 2.08. The smallest absolute Gasteiger partial charge is 0.152 e. The van der Waals surface area contributed by atoms with Crippen LogP contribution in [-0.2, 0) is 16.4 Å². The van der Waals surface area contributed by atoms with Gasteiger partial charge in [-0.05, 0) is 30.5 Å². The van der Waals surface area contributed by atoms with Crippen molar-refractivity contribution in [1.29, 1.82) is 0 Å². The molecule has 3 rings (SSSR count). The monoisotopic (exact) mass is 306 g/mol. The van der Waals surface area contributed by atoms with Crippen LogP contribution in [0.25, 0.3) is 0 Å². The first-order chi connectivity index (χ1) is 10.1. The highest BCUT2D eigenvalue weighted by Gasteiger charge is 2.24. The lowest BCUT2D eigenvalue weighted by molar-refractivity contribution is 0.562. The van der Waals surface area contributed by atoms with E-state index in [0.717, 1.165) is 24.1 Å². The maximum Gasteiger partial charge on any atom is 0.152 e. The van der Waals surface area contributed by atoms with E-state index in [1.807, 2.05) is 24.3 Å². The Bertz CT molecular complexity index is 680. The highest BCUT2D eigenvalue weighted by molar-refractivity contribution is 7.91. The van der Waals surface area contributed by atoms with E-state index in [-0.39, 0.29) is 11.8 Å². The summed E-state index contributed by atoms with van der Waals surface area (Å²) in [7, 11) is -2.88. The summed E-state index contributed by atoms with van der Waals surface area (Å²) in [6.45, 7) is 0.679. The van der Waals surface area contributed by atoms with Gasteiger partial charge in [0.1, 0.15) is 12.7 Å². The molecule has 0 spiro atoms. The van der Waals surface area contributed by atoms with E-state index in [0.29, 0.717) is 12.3 Å². The van der Waals surface area contributed by atoms with Crippen molar-refractivity contribution in [1.82, 2.24) is 14.8 Å². The van der Waals surface area contributed by atoms with Gasteiger partial charge in [0, 0.05) is 11.7 Å². The highest BCUT2D eigenvalue weighted by Crippen LogP contribution is 2.18. The van der Waals surface area contributed by atoms with Gasteiger partial charge in [0.15, 0.2) is 9.84 Å². The average Bonchev–Trinajstić information content (AvgIpc) is 2.93. The molecule has 2 aromatic rings. The number of nitrogens with zero attached hydrogens (tertiary/aromatic N) is 3. The van der Waals surface area contributed by atoms with Crippen molar-refractivity contribution in [2.75, 3.05) is 16.8 Å². The zero-order valence-corrected chi connectivity index (χ0v) is 12.5. The molecule has 1 saturated heterocycles. The Labute approximate surface area is 124 Å². The van der Waals surface area contributed by atoms with Crippen molar-refractivity contribution < 1.29 is 8.42 Å². The zero-order valence-electron chi connectivity index (χ0n) is 11.6. The number of benzene rings is 1. The van der Waals surface area contributed by atoms with E-state index in [1.165, 1.54) is 6.33 Å². The summed E-state index contributed by atoms with van der Waals surface area (Å²) in [6, 6.07) is 8.01. The summed E-state index contributed by atoms with van der Waals surface area (Å²) < 4.78 is 25.0. The third-order valence-corrected chi connectivity index (χ3v) is 5.42. The molecular formula is C14H18N4O2S. The number of aromatic nitrogens is 3. The van der Waals surface area contributed by atoms with Gasteiger partial charge in [-0.2, -0.15) is 5.10 Å². The quantitative estimate of drug-likeness (QED) is 0.922. The molecular weight excluding hydrogens is 288 g/mol. The predicted molar refractivity (Wildman–Crippen MR) is 80.9 cm³/mol. The van der Waals surface area contributed by atoms with E-state index in [9.17, 15) is 8.42 Å². The highest BCUT2D eigenvalue weighted by atomic mass is 32.2. The van der Waals surface area contributed by atoms with E-state index in [2.05, 4.69) is 15.4 Å². The minimum Gasteiger partial charge on any atom is -0.381 e. The summed E-state index contributed by atoms with van der Waals surface area (Å²) in [4.78, 5) is 3.91. The Morgan fingerprint density at radius 3 is 2.76 bits per heavy atom. The first-order valence-electron chi connectivity index (χ1n) is 6.99. The van der Waals surface area contributed by atoms with Crippen LogP contribution in [0.4, 0.5) is 5.69 Å². The Morgan fingerprint density at radius 1 is 1.29 bits per heavy atom. The van der Waals surface area contributed by atoms with Crippen molar-refractivity contribution >= 4 is 15.5 Å². The van der Waals surface area contributed by atoms with Crippen LogP contribution in [0.2, 0.25) is 0 Å². The molecule has 0 bridgehead atoms. The second kappa shape index (κ2) is 5.85. The van der Waals surface area contributed by atoms with Crippen LogP contribution in [0.5, 0.6) is 0 Å². The molecule has 1 N–H and O–H groups in total. The molecule has 0 aliphatic carbocycles. The van der Waals surface area contributed by atoms with Crippen LogP contribution in [0.1, 0.15) is 18.4 Å². The number of sulfone groups is 1. The van der Waals surface area contributed by atoms with E-state index >= 15 is 0 Å². The van der Waals surface area contributed by atoms with E-state index in [1.54, 1.807) is 11.0 Å². The number of anilines is 1. The van der Waals surface area contributed by atoms with Crippen molar-refractivity contribution in [3.8, 4) is 0 Å². The lowest BCUT2D eigenvalue weighted by atomic mass is 10.1. The second-order valence-electron chi connectivity index (χ2n) is 5.39. The summed E-state index contributed by atoms with van der Waals surface area (Å²) in [5.74, 6) is 0.551. The van der Waals surface area contributed by atoms with Crippen LogP contribution in [0.15, 0.2) is 36.9 Å². The fourth-order valence-electron chi connectivity index (χ4n) is 2.58. The Morgan fingerprint density at radius 2 is 2.10 bits per heavy atom. The van der Waals surface area contributed by atoms with Gasteiger partial charge in [0.25, 0.3) is 0 Å². The lowest BCUT2D eigenvalue weighted by Crippen LogP contribution is -2.34. The fourth-order valence-corrected chi connectivity index (χ4v) is 4.22. The van der Waals surface area contributed by atoms with Gasteiger partial charge in [0.2, 0.25) is 0 Å². The molecule has 1 aromatic heterocycles. The molecule has 7 heteroatoms. The Balaban J connectivity index is 1.62. The first kappa shape index (κ1) is 14.1. The van der Waals surface area contributed by atoms with Gasteiger partial charge in [0.05, 0.1) is 18.1 Å². The minimum atomic E-state index is -2.88. The van der Waals surface area contributed by atoms with Crippen molar-refractivity contribution in [3.05, 3.63) is 42.5 Å². The molecule has 0 amide bonds. The topological polar surface area (TPSA) is 76.9 Å². The third kappa shape index (κ3) is 3.81. The van der Waals surface area contributed by atoms with Crippen LogP contribution < -0.4 is 5.32 Å². The standard InChI is InChI=1S/C14H18N4O2S/c19-21(20)7-1-2-14(9-21)17-13-5-3-12(4-6-13)8-18-11-15-10-16-18/h3-6,10-11,14,17H,1-2,7-9H2. The first-order valence-corrected chi connectivity index (χ1v) is 8.81. The molecule has 6 nitrogen and oxygen atoms in total. The fraction of sp³-hybridized carbons (Fsp3) is 0.429. The molecule has 2 heterocycles. The molecule has 112 valence electrons. The van der Waals surface area contributed by atoms with Crippen LogP contribution in [0.3, 0.4) is 0 Å². The number of nitrogens with one attached hydrogen (secondary N) is 1. The van der Waals surface area contributed by atoms with E-state index in [4.69, 9.17) is 0 Å². The van der Waals surface area contributed by atoms with Crippen LogP contribution in [-0.4, -0.2) is 40.7 Å². The summed E-state index contributed by atoms with van der Waals surface area (Å²) in [5, 5.41) is 7.38. The van der Waals surface area contributed by atoms with Crippen LogP contribution >= 0.6 is 0 Å². The molecule has 21 heavy (non-hydrogen) atoms. The minimum absolute atomic E-state index is 0.0184. The summed E-state index contributed by atoms with van der Waals surface area (Å²) in [6.07, 6.45) is 4.84. The Hall–Kier alpha value is -1.89. The van der Waals surface area contributed by atoms with Gasteiger partial charge in [-0.1, -0.05) is 12.1 Å². The molecule has 1 atom stereocenters. The Kier molecular flexibility index (Phi) is 3.92. The van der Waals surface area contributed by atoms with Gasteiger partial charge < -0.3 is 5.32 Å². The van der Waals surface area contributed by atoms with Gasteiger partial charge >= 0.3 is 0 Å². The van der Waals surface area contributed by atoms with Gasteiger partial charge in [-0.25, -0.2) is 18.1 Å². The normalized spacial score (nSPS) is 21.0. The lowest BCUT2D eigenvalue weighted by Gasteiger charge is -2.24. The SMILES string of the molecule is O=S1(=O)CCCC(Nc2ccc(Cn3cncn3)cc2)C1. The van der Waals surface area contributed by atoms with Gasteiger partial charge in [-0.3, -0.25) is 0 Å². The average molecular weight is 306 g/mol. The van der Waals surface area contributed by atoms with Crippen LogP contribution in [0, 0.1) is 0 Å². The molecule has 0 radical (unpaired) electrons. The molecule has 1 fully saturated rings. The molecule has 1 aromatic carbocycles. The molecule has 0 saturated carbocycles. The van der Waals surface area contributed by atoms with E-state index < -0.39 is 9.84 Å². The van der Waals surface area contributed by atoms with Crippen molar-refractivity contribution in [2.45, 2.75) is 25.4 Å². The summed E-state index contributed by atoms with van der Waals surface area (Å²) >= 11 is 0.